The Bertz CT molecular complexity index is 1690. The van der Waals surface area contributed by atoms with Crippen LogP contribution in [0.15, 0.2) is 105 Å². The van der Waals surface area contributed by atoms with Gasteiger partial charge in [-0.2, -0.15) is 0 Å². The molecule has 0 aromatic heterocycles. The van der Waals surface area contributed by atoms with Crippen LogP contribution in [0.2, 0.25) is 10.0 Å². The smallest absolute Gasteiger partial charge is 0.206 e. The molecular weight excluding hydrogens is 643 g/mol. The Morgan fingerprint density at radius 3 is 1.20 bits per heavy atom. The lowest BCUT2D eigenvalue weighted by Crippen LogP contribution is -2.29. The number of sulfone groups is 2. The second-order valence-electron chi connectivity index (χ2n) is 11.6. The fourth-order valence-electron chi connectivity index (χ4n) is 6.14. The maximum atomic E-state index is 13.7. The monoisotopic (exact) mass is 684 g/mol. The lowest BCUT2D eigenvalue weighted by Gasteiger charge is -2.37. The standard InChI is InChI=1S/C37H42Cl2O4S2/c1-5-9-23-37(24-10-6-2,29-11-21-35(27(7-3)25-29)44(40,41)33-17-13-31(38)14-18-33)30-12-22-36(28(8-4)26-30)45(42,43)34-19-15-32(39)16-20-34/h11-22,25-26H,5-10,23-24H2,1-4H3. The van der Waals surface area contributed by atoms with Crippen molar-refractivity contribution in [1.29, 1.82) is 0 Å². The van der Waals surface area contributed by atoms with Crippen molar-refractivity contribution in [2.75, 3.05) is 0 Å². The molecule has 0 aliphatic heterocycles. The van der Waals surface area contributed by atoms with Gasteiger partial charge in [0.05, 0.1) is 19.6 Å². The van der Waals surface area contributed by atoms with Gasteiger partial charge in [-0.05, 0) is 109 Å². The van der Waals surface area contributed by atoms with Crippen LogP contribution in [-0.4, -0.2) is 16.8 Å². The zero-order valence-corrected chi connectivity index (χ0v) is 29.6. The van der Waals surface area contributed by atoms with Crippen LogP contribution >= 0.6 is 23.2 Å². The normalized spacial score (nSPS) is 12.4. The van der Waals surface area contributed by atoms with Crippen LogP contribution in [-0.2, 0) is 37.9 Å². The summed E-state index contributed by atoms with van der Waals surface area (Å²) in [5.41, 5.74) is 3.23. The molecule has 0 saturated heterocycles. The number of hydrogen-bond donors (Lipinski definition) is 0. The minimum atomic E-state index is -3.75. The lowest BCUT2D eigenvalue weighted by atomic mass is 9.67. The lowest BCUT2D eigenvalue weighted by molar-refractivity contribution is 0.404. The summed E-state index contributed by atoms with van der Waals surface area (Å²) in [6.45, 7) is 8.29. The molecule has 4 rings (SSSR count). The quantitative estimate of drug-likeness (QED) is 0.133. The number of halogens is 2. The van der Waals surface area contributed by atoms with E-state index in [1.54, 1.807) is 60.7 Å². The van der Waals surface area contributed by atoms with Gasteiger partial charge in [0, 0.05) is 15.5 Å². The predicted octanol–water partition coefficient (Wildman–Crippen LogP) is 10.5. The molecule has 0 spiro atoms. The highest BCUT2D eigenvalue weighted by Crippen LogP contribution is 2.44. The molecule has 0 heterocycles. The van der Waals surface area contributed by atoms with Crippen molar-refractivity contribution in [1.82, 2.24) is 0 Å². The van der Waals surface area contributed by atoms with Gasteiger partial charge in [-0.25, -0.2) is 16.8 Å². The van der Waals surface area contributed by atoms with E-state index in [2.05, 4.69) is 26.0 Å². The molecule has 0 aliphatic carbocycles. The SMILES string of the molecule is CCCCC(CCCC)(c1ccc(S(=O)(=O)c2ccc(Cl)cc2)c(CC)c1)c1ccc(S(=O)(=O)c2ccc(Cl)cc2)c(CC)c1. The molecule has 8 heteroatoms. The Morgan fingerprint density at radius 1 is 0.533 bits per heavy atom. The first-order chi connectivity index (χ1) is 21.4. The molecule has 0 bridgehead atoms. The van der Waals surface area contributed by atoms with Crippen molar-refractivity contribution in [3.63, 3.8) is 0 Å². The van der Waals surface area contributed by atoms with Crippen LogP contribution in [0.3, 0.4) is 0 Å². The summed E-state index contributed by atoms with van der Waals surface area (Å²) in [4.78, 5) is 1.02. The number of hydrogen-bond acceptors (Lipinski definition) is 4. The van der Waals surface area contributed by atoms with Gasteiger partial charge in [0.1, 0.15) is 0 Å². The van der Waals surface area contributed by atoms with Gasteiger partial charge in [0.15, 0.2) is 0 Å². The Balaban J connectivity index is 1.91. The Morgan fingerprint density at radius 2 is 0.889 bits per heavy atom. The predicted molar refractivity (Wildman–Crippen MR) is 185 cm³/mol. The second-order valence-corrected chi connectivity index (χ2v) is 16.3. The highest BCUT2D eigenvalue weighted by atomic mass is 35.5. The summed E-state index contributed by atoms with van der Waals surface area (Å²) in [6.07, 6.45) is 6.77. The highest BCUT2D eigenvalue weighted by molar-refractivity contribution is 7.91. The number of unbranched alkanes of at least 4 members (excludes halogenated alkanes) is 2. The third-order valence-corrected chi connectivity index (χ3v) is 13.0. The third-order valence-electron chi connectivity index (χ3n) is 8.73. The van der Waals surface area contributed by atoms with E-state index in [1.165, 1.54) is 0 Å². The van der Waals surface area contributed by atoms with Crippen molar-refractivity contribution in [2.24, 2.45) is 0 Å². The van der Waals surface area contributed by atoms with Crippen LogP contribution in [0, 0.1) is 0 Å². The molecule has 4 nitrogen and oxygen atoms in total. The average Bonchev–Trinajstić information content (AvgIpc) is 3.04. The van der Waals surface area contributed by atoms with E-state index in [0.717, 1.165) is 60.8 Å². The molecule has 4 aromatic rings. The average molecular weight is 686 g/mol. The molecule has 0 amide bonds. The van der Waals surface area contributed by atoms with Crippen LogP contribution in [0.5, 0.6) is 0 Å². The Kier molecular flexibility index (Phi) is 11.6. The summed E-state index contributed by atoms with van der Waals surface area (Å²) in [6, 6.07) is 24.1. The van der Waals surface area contributed by atoms with Gasteiger partial charge >= 0.3 is 0 Å². The minimum absolute atomic E-state index is 0.211. The van der Waals surface area contributed by atoms with Crippen molar-refractivity contribution in [3.8, 4) is 0 Å². The van der Waals surface area contributed by atoms with E-state index in [9.17, 15) is 16.8 Å². The Hall–Kier alpha value is -2.64. The zero-order chi connectivity index (χ0) is 32.8. The first kappa shape index (κ1) is 35.2. The van der Waals surface area contributed by atoms with Crippen LogP contribution < -0.4 is 0 Å². The molecule has 45 heavy (non-hydrogen) atoms. The molecule has 0 saturated carbocycles. The van der Waals surface area contributed by atoms with Gasteiger partial charge in [-0.1, -0.05) is 101 Å². The molecule has 0 fully saturated rings. The fraction of sp³-hybridized carbons (Fsp3) is 0.351. The topological polar surface area (TPSA) is 68.3 Å². The summed E-state index contributed by atoms with van der Waals surface area (Å²) in [5.74, 6) is 0. The van der Waals surface area contributed by atoms with Crippen molar-refractivity contribution in [3.05, 3.63) is 117 Å². The molecule has 0 aliphatic rings. The molecule has 0 atom stereocenters. The van der Waals surface area contributed by atoms with Gasteiger partial charge in [0.2, 0.25) is 19.7 Å². The maximum absolute atomic E-state index is 13.7. The van der Waals surface area contributed by atoms with E-state index >= 15 is 0 Å². The van der Waals surface area contributed by atoms with E-state index < -0.39 is 25.1 Å². The molecule has 240 valence electrons. The first-order valence-electron chi connectivity index (χ1n) is 15.7. The largest absolute Gasteiger partial charge is 0.219 e. The minimum Gasteiger partial charge on any atom is -0.219 e. The summed E-state index contributed by atoms with van der Waals surface area (Å²) < 4.78 is 55.0. The van der Waals surface area contributed by atoms with Crippen LogP contribution in [0.25, 0.3) is 0 Å². The summed E-state index contributed by atoms with van der Waals surface area (Å²) in [5, 5.41) is 0.963. The van der Waals surface area contributed by atoms with Gasteiger partial charge in [-0.15, -0.1) is 0 Å². The van der Waals surface area contributed by atoms with Crippen LogP contribution in [0.4, 0.5) is 0 Å². The van der Waals surface area contributed by atoms with Crippen LogP contribution in [0.1, 0.15) is 88.5 Å². The molecule has 0 N–H and O–H groups in total. The molecule has 4 aromatic carbocycles. The van der Waals surface area contributed by atoms with Gasteiger partial charge in [-0.3, -0.25) is 0 Å². The van der Waals surface area contributed by atoms with E-state index in [-0.39, 0.29) is 9.79 Å². The van der Waals surface area contributed by atoms with E-state index in [4.69, 9.17) is 23.2 Å². The summed E-state index contributed by atoms with van der Waals surface area (Å²) >= 11 is 12.1. The van der Waals surface area contributed by atoms with E-state index in [0.29, 0.717) is 32.7 Å². The van der Waals surface area contributed by atoms with Gasteiger partial charge < -0.3 is 0 Å². The Labute approximate surface area is 279 Å². The number of benzene rings is 4. The zero-order valence-electron chi connectivity index (χ0n) is 26.4. The number of aryl methyl sites for hydroxylation is 2. The van der Waals surface area contributed by atoms with Crippen molar-refractivity contribution < 1.29 is 16.8 Å². The van der Waals surface area contributed by atoms with Crippen molar-refractivity contribution in [2.45, 2.75) is 104 Å². The van der Waals surface area contributed by atoms with E-state index in [1.807, 2.05) is 26.0 Å². The van der Waals surface area contributed by atoms with Gasteiger partial charge in [0.25, 0.3) is 0 Å². The molecular formula is C37H42Cl2O4S2. The fourth-order valence-corrected chi connectivity index (χ4v) is 9.48. The van der Waals surface area contributed by atoms with Crippen molar-refractivity contribution >= 4 is 42.9 Å². The molecule has 0 radical (unpaired) electrons. The summed E-state index contributed by atoms with van der Waals surface area (Å²) in [7, 11) is -7.51. The highest BCUT2D eigenvalue weighted by Gasteiger charge is 2.36. The number of rotatable bonds is 14. The maximum Gasteiger partial charge on any atom is 0.206 e. The third kappa shape index (κ3) is 7.35. The second kappa shape index (κ2) is 14.8. The first-order valence-corrected chi connectivity index (χ1v) is 19.4. The molecule has 0 unspecified atom stereocenters.